The van der Waals surface area contributed by atoms with Crippen LogP contribution in [-0.4, -0.2) is 12.1 Å². The van der Waals surface area contributed by atoms with E-state index in [1.54, 1.807) is 0 Å². The first-order valence-electron chi connectivity index (χ1n) is 9.40. The molecular weight excluding hydrogens is 310 g/mol. The van der Waals surface area contributed by atoms with Crippen molar-refractivity contribution >= 4 is 17.7 Å². The molecule has 0 spiro atoms. The molecule has 1 saturated carbocycles. The number of nitrogens with two attached hydrogens (primary N) is 1. The fraction of sp³-hybridized carbons (Fsp3) is 0.500. The maximum Gasteiger partial charge on any atom is 0.334 e. The summed E-state index contributed by atoms with van der Waals surface area (Å²) in [5.74, 6) is 0.603. The lowest BCUT2D eigenvalue weighted by Gasteiger charge is -2.22. The Hall–Kier alpha value is -2.03. The Morgan fingerprint density at radius 1 is 1.28 bits per heavy atom. The molecule has 1 aromatic carbocycles. The third-order valence-corrected chi connectivity index (χ3v) is 6.41. The Labute approximate surface area is 149 Å². The summed E-state index contributed by atoms with van der Waals surface area (Å²) in [6.45, 7) is 4.57. The minimum atomic E-state index is -0.123. The first-order valence-corrected chi connectivity index (χ1v) is 9.40. The summed E-state index contributed by atoms with van der Waals surface area (Å²) in [6, 6.07) is 7.69. The molecule has 4 atom stereocenters. The fourth-order valence-corrected chi connectivity index (χ4v) is 4.60. The summed E-state index contributed by atoms with van der Waals surface area (Å²) in [4.78, 5) is 12.6. The number of carbonyl (C=O) groups is 1. The number of ether oxygens (including phenoxy) is 1. The van der Waals surface area contributed by atoms with Crippen LogP contribution in [0.15, 0.2) is 41.5 Å². The Morgan fingerprint density at radius 3 is 2.80 bits per heavy atom. The Morgan fingerprint density at radius 2 is 2.04 bits per heavy atom. The van der Waals surface area contributed by atoms with E-state index in [4.69, 9.17) is 10.5 Å². The summed E-state index contributed by atoms with van der Waals surface area (Å²) >= 11 is 0. The van der Waals surface area contributed by atoms with E-state index in [0.717, 1.165) is 36.1 Å². The zero-order valence-electron chi connectivity index (χ0n) is 15.1. The highest BCUT2D eigenvalue weighted by Gasteiger charge is 2.59. The molecule has 0 bridgehead atoms. The molecule has 2 fully saturated rings. The van der Waals surface area contributed by atoms with Crippen LogP contribution < -0.4 is 5.73 Å². The molecule has 1 aromatic rings. The van der Waals surface area contributed by atoms with Crippen LogP contribution in [0.2, 0.25) is 0 Å². The van der Waals surface area contributed by atoms with Gasteiger partial charge in [0, 0.05) is 23.1 Å². The summed E-state index contributed by atoms with van der Waals surface area (Å²) < 4.78 is 5.91. The van der Waals surface area contributed by atoms with E-state index in [1.165, 1.54) is 18.4 Å². The van der Waals surface area contributed by atoms with E-state index in [-0.39, 0.29) is 18.0 Å². The predicted octanol–water partition coefficient (Wildman–Crippen LogP) is 4.74. The smallest absolute Gasteiger partial charge is 0.334 e. The van der Waals surface area contributed by atoms with E-state index in [9.17, 15) is 4.79 Å². The number of benzene rings is 1. The number of carbonyl (C=O) groups excluding carboxylic acids is 1. The van der Waals surface area contributed by atoms with Crippen molar-refractivity contribution in [1.82, 2.24) is 0 Å². The lowest BCUT2D eigenvalue weighted by Crippen LogP contribution is -2.23. The quantitative estimate of drug-likeness (QED) is 0.348. The Kier molecular flexibility index (Phi) is 3.98. The lowest BCUT2D eigenvalue weighted by molar-refractivity contribution is -0.140. The van der Waals surface area contributed by atoms with Gasteiger partial charge in [0.25, 0.3) is 0 Å². The minimum Gasteiger partial charge on any atom is -0.458 e. The molecular formula is C22H27NO2. The molecule has 3 aliphatic rings. The number of allylic oxidation sites excluding steroid dienone is 2. The summed E-state index contributed by atoms with van der Waals surface area (Å²) in [6.07, 6.45) is 10.0. The number of hydrogen-bond donors (Lipinski definition) is 1. The zero-order valence-corrected chi connectivity index (χ0v) is 15.1. The second kappa shape index (κ2) is 6.05. The van der Waals surface area contributed by atoms with Crippen molar-refractivity contribution < 1.29 is 9.53 Å². The molecule has 1 heterocycles. The number of anilines is 1. The van der Waals surface area contributed by atoms with Crippen molar-refractivity contribution in [3.05, 3.63) is 47.1 Å². The topological polar surface area (TPSA) is 52.3 Å². The van der Waals surface area contributed by atoms with Crippen LogP contribution in [0.4, 0.5) is 5.69 Å². The van der Waals surface area contributed by atoms with Crippen LogP contribution in [0, 0.1) is 17.3 Å². The monoisotopic (exact) mass is 337 g/mol. The second-order valence-corrected chi connectivity index (χ2v) is 8.34. The van der Waals surface area contributed by atoms with Crippen molar-refractivity contribution in [1.29, 1.82) is 0 Å². The highest BCUT2D eigenvalue weighted by molar-refractivity contribution is 5.96. The van der Waals surface area contributed by atoms with Crippen molar-refractivity contribution in [2.75, 3.05) is 5.73 Å². The minimum absolute atomic E-state index is 0.0587. The van der Waals surface area contributed by atoms with Gasteiger partial charge in [-0.2, -0.15) is 0 Å². The first-order chi connectivity index (χ1) is 12.0. The van der Waals surface area contributed by atoms with E-state index in [0.29, 0.717) is 11.3 Å². The van der Waals surface area contributed by atoms with Crippen molar-refractivity contribution in [2.24, 2.45) is 17.3 Å². The molecule has 4 rings (SSSR count). The van der Waals surface area contributed by atoms with Gasteiger partial charge in [0.15, 0.2) is 0 Å². The van der Waals surface area contributed by atoms with Gasteiger partial charge in [0.05, 0.1) is 0 Å². The van der Waals surface area contributed by atoms with Crippen LogP contribution in [0.3, 0.4) is 0 Å². The normalized spacial score (nSPS) is 38.3. The molecule has 0 unspecified atom stereocenters. The van der Waals surface area contributed by atoms with Crippen LogP contribution in [-0.2, 0) is 9.53 Å². The number of rotatable bonds is 1. The highest BCUT2D eigenvalue weighted by Crippen LogP contribution is 2.61. The van der Waals surface area contributed by atoms with Crippen LogP contribution in [0.25, 0.3) is 6.08 Å². The van der Waals surface area contributed by atoms with Gasteiger partial charge in [-0.3, -0.25) is 0 Å². The van der Waals surface area contributed by atoms with Crippen LogP contribution >= 0.6 is 0 Å². The summed E-state index contributed by atoms with van der Waals surface area (Å²) in [5, 5.41) is 0. The molecule has 3 heteroatoms. The van der Waals surface area contributed by atoms with Crippen molar-refractivity contribution in [2.45, 2.75) is 52.1 Å². The molecule has 0 aromatic heterocycles. The molecule has 1 saturated heterocycles. The molecule has 2 N–H and O–H groups in total. The van der Waals surface area contributed by atoms with Gasteiger partial charge < -0.3 is 10.5 Å². The number of esters is 1. The van der Waals surface area contributed by atoms with Gasteiger partial charge in [0.1, 0.15) is 6.10 Å². The maximum atomic E-state index is 12.6. The fourth-order valence-electron chi connectivity index (χ4n) is 4.60. The van der Waals surface area contributed by atoms with Crippen molar-refractivity contribution in [3.63, 3.8) is 0 Å². The first kappa shape index (κ1) is 16.4. The molecule has 0 radical (unpaired) electrons. The second-order valence-electron chi connectivity index (χ2n) is 8.34. The van der Waals surface area contributed by atoms with Crippen LogP contribution in [0.1, 0.15) is 51.5 Å². The summed E-state index contributed by atoms with van der Waals surface area (Å²) in [7, 11) is 0. The largest absolute Gasteiger partial charge is 0.458 e. The van der Waals surface area contributed by atoms with Gasteiger partial charge in [0.2, 0.25) is 0 Å². The molecule has 2 aliphatic carbocycles. The van der Waals surface area contributed by atoms with Gasteiger partial charge in [-0.1, -0.05) is 30.7 Å². The van der Waals surface area contributed by atoms with E-state index in [1.807, 2.05) is 30.3 Å². The van der Waals surface area contributed by atoms with E-state index in [2.05, 4.69) is 19.9 Å². The third-order valence-electron chi connectivity index (χ3n) is 6.41. The predicted molar refractivity (Wildman–Crippen MR) is 101 cm³/mol. The Balaban J connectivity index is 1.67. The lowest BCUT2D eigenvalue weighted by atomic mass is 9.83. The van der Waals surface area contributed by atoms with Crippen molar-refractivity contribution in [3.8, 4) is 0 Å². The number of hydrogen-bond acceptors (Lipinski definition) is 3. The average molecular weight is 337 g/mol. The van der Waals surface area contributed by atoms with E-state index >= 15 is 0 Å². The van der Waals surface area contributed by atoms with Gasteiger partial charge in [-0.05, 0) is 68.2 Å². The molecule has 25 heavy (non-hydrogen) atoms. The van der Waals surface area contributed by atoms with E-state index < -0.39 is 0 Å². The SMILES string of the molecule is C/C1=C\CC[C@@]2(C)C[C@H]2[C@H]2OC(=O)/C(=C\c3ccc(N)cc3)[C@@H]2CC1. The number of nitrogen functional groups attached to an aromatic ring is 1. The van der Waals surface area contributed by atoms with Crippen LogP contribution in [0.5, 0.6) is 0 Å². The maximum absolute atomic E-state index is 12.6. The van der Waals surface area contributed by atoms with Gasteiger partial charge in [-0.15, -0.1) is 0 Å². The zero-order chi connectivity index (χ0) is 17.6. The van der Waals surface area contributed by atoms with Gasteiger partial charge in [-0.25, -0.2) is 4.79 Å². The molecule has 0 amide bonds. The molecule has 1 aliphatic heterocycles. The Bertz CT molecular complexity index is 746. The average Bonchev–Trinajstić information content (AvgIpc) is 3.15. The van der Waals surface area contributed by atoms with Gasteiger partial charge >= 0.3 is 5.97 Å². The summed E-state index contributed by atoms with van der Waals surface area (Å²) in [5.41, 5.74) is 10.2. The third kappa shape index (κ3) is 3.12. The standard InChI is InChI=1S/C22H27NO2/c1-14-4-3-11-22(2)13-19(22)20-17(10-5-14)18(21(24)25-20)12-15-6-8-16(23)9-7-15/h4,6-9,12,17,19-20H,3,5,10-11,13,23H2,1-2H3/b14-4+,18-12-/t17-,19-,20-,22-/m0/s1. The highest BCUT2D eigenvalue weighted by atomic mass is 16.6. The molecule has 132 valence electrons. The molecule has 3 nitrogen and oxygen atoms in total. The number of fused-ring (bicyclic) bond motifs is 3.